The highest BCUT2D eigenvalue weighted by Crippen LogP contribution is 2.21. The van der Waals surface area contributed by atoms with Crippen LogP contribution in [0.15, 0.2) is 24.3 Å². The van der Waals surface area contributed by atoms with Gasteiger partial charge in [0.15, 0.2) is 6.61 Å². The van der Waals surface area contributed by atoms with Crippen LogP contribution in [0, 0.1) is 12.3 Å². The second-order valence-electron chi connectivity index (χ2n) is 3.61. The lowest BCUT2D eigenvalue weighted by atomic mass is 10.1. The van der Waals surface area contributed by atoms with Crippen LogP contribution in [-0.2, 0) is 9.53 Å². The van der Waals surface area contributed by atoms with Crippen molar-refractivity contribution < 1.29 is 19.1 Å². The third-order valence-electron chi connectivity index (χ3n) is 2.48. The average Bonchev–Trinajstić information content (AvgIpc) is 2.62. The number of esters is 1. The number of carbonyl (C=O) groups excluding carboxylic acids is 3. The SMILES string of the molecule is C#CCOC(=O)CN1C(=O)c2ccccc2C1=O. The number of fused-ring (bicyclic) bond motifs is 1. The Morgan fingerprint density at radius 1 is 1.22 bits per heavy atom. The summed E-state index contributed by atoms with van der Waals surface area (Å²) in [5.74, 6) is 0.441. The predicted octanol–water partition coefficient (Wildman–Crippen LogP) is 0.459. The minimum Gasteiger partial charge on any atom is -0.451 e. The molecular weight excluding hydrogens is 234 g/mol. The molecule has 0 aliphatic carbocycles. The van der Waals surface area contributed by atoms with Gasteiger partial charge in [-0.2, -0.15) is 0 Å². The number of carbonyl (C=O) groups is 3. The summed E-state index contributed by atoms with van der Waals surface area (Å²) < 4.78 is 4.63. The summed E-state index contributed by atoms with van der Waals surface area (Å²) in [6.07, 6.45) is 4.93. The molecule has 5 nitrogen and oxygen atoms in total. The van der Waals surface area contributed by atoms with Gasteiger partial charge < -0.3 is 4.74 Å². The molecule has 5 heteroatoms. The van der Waals surface area contributed by atoms with E-state index in [0.29, 0.717) is 11.1 Å². The van der Waals surface area contributed by atoms with E-state index in [4.69, 9.17) is 6.42 Å². The van der Waals surface area contributed by atoms with Crippen LogP contribution >= 0.6 is 0 Å². The summed E-state index contributed by atoms with van der Waals surface area (Å²) in [7, 11) is 0. The van der Waals surface area contributed by atoms with Gasteiger partial charge in [0.05, 0.1) is 11.1 Å². The molecular formula is C13H9NO4. The summed E-state index contributed by atoms with van der Waals surface area (Å²) in [5.41, 5.74) is 0.597. The number of imide groups is 1. The highest BCUT2D eigenvalue weighted by Gasteiger charge is 2.36. The van der Waals surface area contributed by atoms with E-state index >= 15 is 0 Å². The Balaban J connectivity index is 2.14. The number of nitrogens with zero attached hydrogens (tertiary/aromatic N) is 1. The molecule has 1 aliphatic heterocycles. The second kappa shape index (κ2) is 4.72. The molecule has 0 unspecified atom stereocenters. The molecule has 0 N–H and O–H groups in total. The zero-order valence-electron chi connectivity index (χ0n) is 9.38. The summed E-state index contributed by atoms with van der Waals surface area (Å²) in [6.45, 7) is -0.601. The second-order valence-corrected chi connectivity index (χ2v) is 3.61. The molecule has 0 aromatic heterocycles. The zero-order valence-corrected chi connectivity index (χ0v) is 9.38. The first kappa shape index (κ1) is 11.9. The van der Waals surface area contributed by atoms with E-state index in [0.717, 1.165) is 4.90 Å². The van der Waals surface area contributed by atoms with E-state index in [1.165, 1.54) is 0 Å². The minimum atomic E-state index is -0.706. The number of amides is 2. The molecule has 1 heterocycles. The fourth-order valence-electron chi connectivity index (χ4n) is 1.68. The molecule has 2 amide bonds. The summed E-state index contributed by atoms with van der Waals surface area (Å²) >= 11 is 0. The minimum absolute atomic E-state index is 0.179. The van der Waals surface area contributed by atoms with Crippen molar-refractivity contribution in [2.75, 3.05) is 13.2 Å². The van der Waals surface area contributed by atoms with Gasteiger partial charge in [0.2, 0.25) is 0 Å². The van der Waals surface area contributed by atoms with Crippen molar-refractivity contribution >= 4 is 17.8 Å². The third-order valence-corrected chi connectivity index (χ3v) is 2.48. The van der Waals surface area contributed by atoms with Gasteiger partial charge >= 0.3 is 5.97 Å². The predicted molar refractivity (Wildman–Crippen MR) is 61.6 cm³/mol. The van der Waals surface area contributed by atoms with Gasteiger partial charge in [0, 0.05) is 0 Å². The number of benzene rings is 1. The fourth-order valence-corrected chi connectivity index (χ4v) is 1.68. The number of hydrogen-bond acceptors (Lipinski definition) is 4. The molecule has 0 atom stereocenters. The molecule has 1 aliphatic rings. The number of terminal acetylenes is 1. The Hall–Kier alpha value is -2.61. The summed E-state index contributed by atoms with van der Waals surface area (Å²) in [6, 6.07) is 6.40. The van der Waals surface area contributed by atoms with Crippen LogP contribution in [0.4, 0.5) is 0 Å². The lowest BCUT2D eigenvalue weighted by Crippen LogP contribution is -2.35. The third kappa shape index (κ3) is 1.96. The van der Waals surface area contributed by atoms with E-state index in [2.05, 4.69) is 10.7 Å². The van der Waals surface area contributed by atoms with Crippen molar-refractivity contribution in [2.45, 2.75) is 0 Å². The van der Waals surface area contributed by atoms with Crippen LogP contribution in [0.3, 0.4) is 0 Å². The Labute approximate surface area is 103 Å². The molecule has 0 radical (unpaired) electrons. The first-order valence-corrected chi connectivity index (χ1v) is 5.19. The Kier molecular flexibility index (Phi) is 3.11. The molecule has 2 rings (SSSR count). The molecule has 1 aromatic rings. The average molecular weight is 243 g/mol. The molecule has 0 saturated heterocycles. The Bertz CT molecular complexity index is 536. The monoisotopic (exact) mass is 243 g/mol. The van der Waals surface area contributed by atoms with E-state index in [1.54, 1.807) is 24.3 Å². The maximum absolute atomic E-state index is 11.9. The van der Waals surface area contributed by atoms with E-state index in [-0.39, 0.29) is 6.61 Å². The number of ether oxygens (including phenoxy) is 1. The van der Waals surface area contributed by atoms with Gasteiger partial charge in [-0.25, -0.2) is 0 Å². The van der Waals surface area contributed by atoms with Gasteiger partial charge in [-0.1, -0.05) is 18.1 Å². The Morgan fingerprint density at radius 3 is 2.28 bits per heavy atom. The molecule has 90 valence electrons. The highest BCUT2D eigenvalue weighted by atomic mass is 16.5. The normalized spacial score (nSPS) is 13.2. The fraction of sp³-hybridized carbons (Fsp3) is 0.154. The molecule has 18 heavy (non-hydrogen) atoms. The van der Waals surface area contributed by atoms with Crippen molar-refractivity contribution in [1.29, 1.82) is 0 Å². The first-order valence-electron chi connectivity index (χ1n) is 5.19. The highest BCUT2D eigenvalue weighted by molar-refractivity contribution is 6.22. The van der Waals surface area contributed by atoms with Crippen LogP contribution in [0.2, 0.25) is 0 Å². The molecule has 0 spiro atoms. The lowest BCUT2D eigenvalue weighted by molar-refractivity contribution is -0.142. The summed E-state index contributed by atoms with van der Waals surface area (Å²) in [4.78, 5) is 35.9. The standard InChI is InChI=1S/C13H9NO4/c1-2-7-18-11(15)8-14-12(16)9-5-3-4-6-10(9)13(14)17/h1,3-6H,7-8H2. The molecule has 0 bridgehead atoms. The van der Waals surface area contributed by atoms with Crippen molar-refractivity contribution in [3.8, 4) is 12.3 Å². The van der Waals surface area contributed by atoms with E-state index < -0.39 is 24.3 Å². The van der Waals surface area contributed by atoms with Gasteiger partial charge in [-0.05, 0) is 12.1 Å². The van der Waals surface area contributed by atoms with Crippen LogP contribution in [0.1, 0.15) is 20.7 Å². The first-order chi connectivity index (χ1) is 8.65. The van der Waals surface area contributed by atoms with Crippen molar-refractivity contribution in [3.05, 3.63) is 35.4 Å². The van der Waals surface area contributed by atoms with Crippen molar-refractivity contribution in [1.82, 2.24) is 4.90 Å². The van der Waals surface area contributed by atoms with E-state index in [9.17, 15) is 14.4 Å². The van der Waals surface area contributed by atoms with Crippen LogP contribution in [0.25, 0.3) is 0 Å². The van der Waals surface area contributed by atoms with Crippen molar-refractivity contribution in [3.63, 3.8) is 0 Å². The maximum atomic E-state index is 11.9. The largest absolute Gasteiger partial charge is 0.451 e. The van der Waals surface area contributed by atoms with E-state index in [1.807, 2.05) is 0 Å². The Morgan fingerprint density at radius 2 is 1.78 bits per heavy atom. The molecule has 1 aromatic carbocycles. The van der Waals surface area contributed by atoms with Gasteiger partial charge in [0.1, 0.15) is 6.54 Å². The van der Waals surface area contributed by atoms with Gasteiger partial charge in [0.25, 0.3) is 11.8 Å². The lowest BCUT2D eigenvalue weighted by Gasteiger charge is -2.11. The molecule has 0 saturated carbocycles. The molecule has 0 fully saturated rings. The number of rotatable bonds is 3. The number of hydrogen-bond donors (Lipinski definition) is 0. The topological polar surface area (TPSA) is 63.7 Å². The van der Waals surface area contributed by atoms with Crippen LogP contribution < -0.4 is 0 Å². The van der Waals surface area contributed by atoms with Crippen LogP contribution in [-0.4, -0.2) is 35.8 Å². The smallest absolute Gasteiger partial charge is 0.327 e. The maximum Gasteiger partial charge on any atom is 0.327 e. The van der Waals surface area contributed by atoms with Crippen molar-refractivity contribution in [2.24, 2.45) is 0 Å². The van der Waals surface area contributed by atoms with Crippen LogP contribution in [0.5, 0.6) is 0 Å². The summed E-state index contributed by atoms with van der Waals surface area (Å²) in [5, 5.41) is 0. The van der Waals surface area contributed by atoms with Gasteiger partial charge in [-0.15, -0.1) is 6.42 Å². The van der Waals surface area contributed by atoms with Gasteiger partial charge in [-0.3, -0.25) is 19.3 Å². The zero-order chi connectivity index (χ0) is 13.1. The quantitative estimate of drug-likeness (QED) is 0.439.